The predicted molar refractivity (Wildman–Crippen MR) is 124 cm³/mol. The number of ether oxygens (including phenoxy) is 4. The van der Waals surface area contributed by atoms with Gasteiger partial charge in [-0.15, -0.1) is 0 Å². The van der Waals surface area contributed by atoms with Crippen LogP contribution in [0.25, 0.3) is 32.7 Å². The van der Waals surface area contributed by atoms with Gasteiger partial charge < -0.3 is 39.4 Å². The van der Waals surface area contributed by atoms with Crippen molar-refractivity contribution >= 4 is 21.5 Å². The molecule has 0 aliphatic carbocycles. The summed E-state index contributed by atoms with van der Waals surface area (Å²) >= 11 is 0. The van der Waals surface area contributed by atoms with Crippen molar-refractivity contribution in [2.24, 2.45) is 0 Å². The highest BCUT2D eigenvalue weighted by molar-refractivity contribution is 6.11. The SMILES string of the molecule is Oc1cc2cccc(-c3cccc4cc(O)c(OCC5CO5)c(O)c34)c2c(O)c1OCC1CO1. The van der Waals surface area contributed by atoms with Crippen molar-refractivity contribution in [3.63, 3.8) is 0 Å². The average molecular weight is 462 g/mol. The topological polar surface area (TPSA) is 124 Å². The fourth-order valence-electron chi connectivity index (χ4n) is 4.22. The molecule has 2 saturated heterocycles. The van der Waals surface area contributed by atoms with Crippen LogP contribution in [0.2, 0.25) is 0 Å². The molecule has 2 atom stereocenters. The van der Waals surface area contributed by atoms with Crippen molar-refractivity contribution in [1.82, 2.24) is 0 Å². The number of hydrogen-bond donors (Lipinski definition) is 4. The zero-order chi connectivity index (χ0) is 23.4. The molecule has 8 nitrogen and oxygen atoms in total. The summed E-state index contributed by atoms with van der Waals surface area (Å²) in [6, 6.07) is 13.8. The zero-order valence-electron chi connectivity index (χ0n) is 18.0. The number of phenols is 4. The number of hydrogen-bond acceptors (Lipinski definition) is 8. The van der Waals surface area contributed by atoms with Gasteiger partial charge >= 0.3 is 0 Å². The zero-order valence-corrected chi connectivity index (χ0v) is 18.0. The van der Waals surface area contributed by atoms with Gasteiger partial charge in [0.25, 0.3) is 0 Å². The number of phenolic OH excluding ortho intramolecular Hbond substituents is 4. The van der Waals surface area contributed by atoms with Gasteiger partial charge in [-0.3, -0.25) is 0 Å². The van der Waals surface area contributed by atoms with Crippen LogP contribution in [0.1, 0.15) is 0 Å². The molecule has 2 fully saturated rings. The Morgan fingerprint density at radius 1 is 0.676 bits per heavy atom. The number of aromatic hydroxyl groups is 4. The van der Waals surface area contributed by atoms with Crippen LogP contribution in [0.3, 0.4) is 0 Å². The van der Waals surface area contributed by atoms with Gasteiger partial charge in [0, 0.05) is 10.8 Å². The minimum atomic E-state index is -0.205. The molecule has 0 bridgehead atoms. The van der Waals surface area contributed by atoms with Gasteiger partial charge in [-0.25, -0.2) is 0 Å². The summed E-state index contributed by atoms with van der Waals surface area (Å²) in [4.78, 5) is 0. The molecule has 0 radical (unpaired) electrons. The van der Waals surface area contributed by atoms with Gasteiger partial charge in [-0.1, -0.05) is 36.4 Å². The van der Waals surface area contributed by atoms with E-state index in [1.807, 2.05) is 12.1 Å². The molecule has 0 aromatic heterocycles. The van der Waals surface area contributed by atoms with E-state index < -0.39 is 0 Å². The van der Waals surface area contributed by atoms with Crippen LogP contribution >= 0.6 is 0 Å². The second-order valence-corrected chi connectivity index (χ2v) is 8.49. The van der Waals surface area contributed by atoms with E-state index in [-0.39, 0.29) is 59.9 Å². The molecule has 174 valence electrons. The molecule has 0 amide bonds. The molecule has 0 saturated carbocycles. The van der Waals surface area contributed by atoms with Gasteiger partial charge in [-0.05, 0) is 34.0 Å². The molecule has 4 aromatic carbocycles. The van der Waals surface area contributed by atoms with E-state index in [1.54, 1.807) is 24.3 Å². The summed E-state index contributed by atoms with van der Waals surface area (Å²) in [6.07, 6.45) is -0.0983. The van der Waals surface area contributed by atoms with Crippen molar-refractivity contribution in [2.75, 3.05) is 26.4 Å². The minimum Gasteiger partial charge on any atom is -0.504 e. The summed E-state index contributed by atoms with van der Waals surface area (Å²) in [5.41, 5.74) is 1.23. The number of epoxide rings is 2. The van der Waals surface area contributed by atoms with E-state index in [0.717, 1.165) is 0 Å². The van der Waals surface area contributed by atoms with Crippen molar-refractivity contribution < 1.29 is 39.4 Å². The summed E-state index contributed by atoms with van der Waals surface area (Å²) in [5, 5.41) is 45.3. The number of rotatable bonds is 7. The largest absolute Gasteiger partial charge is 0.504 e. The molecule has 2 aliphatic heterocycles. The van der Waals surface area contributed by atoms with Crippen LogP contribution in [0.15, 0.2) is 48.5 Å². The molecule has 2 heterocycles. The smallest absolute Gasteiger partial charge is 0.203 e. The lowest BCUT2D eigenvalue weighted by molar-refractivity contribution is 0.245. The maximum atomic E-state index is 11.1. The Balaban J connectivity index is 1.54. The summed E-state index contributed by atoms with van der Waals surface area (Å²) < 4.78 is 21.6. The van der Waals surface area contributed by atoms with Crippen LogP contribution in [-0.2, 0) is 9.47 Å². The van der Waals surface area contributed by atoms with Crippen LogP contribution in [-0.4, -0.2) is 59.1 Å². The Morgan fingerprint density at radius 3 is 1.47 bits per heavy atom. The maximum absolute atomic E-state index is 11.1. The molecule has 4 aromatic rings. The first-order valence-electron chi connectivity index (χ1n) is 11.0. The third-order valence-electron chi connectivity index (χ3n) is 6.07. The standard InChI is InChI=1S/C26H22O8/c27-19-7-13-3-1-5-17(21(13)23(29)25(19)33-11-15-9-31-15)18-6-2-4-14-8-20(28)26(24(30)22(14)18)34-12-16-10-32-16/h1-8,15-16,27-30H,9-12H2. The second-order valence-electron chi connectivity index (χ2n) is 8.49. The average Bonchev–Trinajstić information content (AvgIpc) is 3.73. The Hall–Kier alpha value is -3.88. The fraction of sp³-hybridized carbons (Fsp3) is 0.231. The van der Waals surface area contributed by atoms with Crippen molar-refractivity contribution in [3.8, 4) is 45.6 Å². The third-order valence-corrected chi connectivity index (χ3v) is 6.07. The molecule has 2 unspecified atom stereocenters. The monoisotopic (exact) mass is 462 g/mol. The summed E-state index contributed by atoms with van der Waals surface area (Å²) in [5.74, 6) is -0.803. The molecule has 0 spiro atoms. The second kappa shape index (κ2) is 7.86. The molecule has 4 N–H and O–H groups in total. The normalized spacial score (nSPS) is 18.8. The highest BCUT2D eigenvalue weighted by Gasteiger charge is 2.27. The molecular formula is C26H22O8. The van der Waals surface area contributed by atoms with E-state index in [0.29, 0.717) is 45.9 Å². The van der Waals surface area contributed by atoms with Crippen molar-refractivity contribution in [1.29, 1.82) is 0 Å². The van der Waals surface area contributed by atoms with Crippen molar-refractivity contribution in [3.05, 3.63) is 48.5 Å². The highest BCUT2D eigenvalue weighted by Crippen LogP contribution is 2.50. The lowest BCUT2D eigenvalue weighted by Gasteiger charge is -2.17. The Labute approximate surface area is 194 Å². The van der Waals surface area contributed by atoms with Crippen LogP contribution < -0.4 is 9.47 Å². The first-order valence-corrected chi connectivity index (χ1v) is 11.0. The summed E-state index contributed by atoms with van der Waals surface area (Å²) in [6.45, 7) is 1.60. The van der Waals surface area contributed by atoms with Crippen molar-refractivity contribution in [2.45, 2.75) is 12.2 Å². The molecule has 2 aliphatic rings. The van der Waals surface area contributed by atoms with Gasteiger partial charge in [0.15, 0.2) is 23.0 Å². The molecular weight excluding hydrogens is 440 g/mol. The molecule has 8 heteroatoms. The van der Waals surface area contributed by atoms with Gasteiger partial charge in [0.2, 0.25) is 11.5 Å². The van der Waals surface area contributed by atoms with E-state index in [1.165, 1.54) is 12.1 Å². The number of benzene rings is 4. The lowest BCUT2D eigenvalue weighted by Crippen LogP contribution is -2.04. The Morgan fingerprint density at radius 2 is 1.09 bits per heavy atom. The van der Waals surface area contributed by atoms with Crippen LogP contribution in [0.5, 0.6) is 34.5 Å². The first-order chi connectivity index (χ1) is 16.5. The van der Waals surface area contributed by atoms with E-state index in [2.05, 4.69) is 0 Å². The highest BCUT2D eigenvalue weighted by atomic mass is 16.6. The first kappa shape index (κ1) is 20.7. The third kappa shape index (κ3) is 3.57. The van der Waals surface area contributed by atoms with E-state index >= 15 is 0 Å². The summed E-state index contributed by atoms with van der Waals surface area (Å²) in [7, 11) is 0. The van der Waals surface area contributed by atoms with E-state index in [9.17, 15) is 20.4 Å². The molecule has 6 rings (SSSR count). The Bertz CT molecular complexity index is 1310. The van der Waals surface area contributed by atoms with Gasteiger partial charge in [0.05, 0.1) is 13.2 Å². The van der Waals surface area contributed by atoms with E-state index in [4.69, 9.17) is 18.9 Å². The van der Waals surface area contributed by atoms with Crippen LogP contribution in [0.4, 0.5) is 0 Å². The molecule has 34 heavy (non-hydrogen) atoms. The Kier molecular flexibility index (Phi) is 4.79. The maximum Gasteiger partial charge on any atom is 0.203 e. The van der Waals surface area contributed by atoms with Gasteiger partial charge in [0.1, 0.15) is 25.4 Å². The van der Waals surface area contributed by atoms with Gasteiger partial charge in [-0.2, -0.15) is 0 Å². The fourth-order valence-corrected chi connectivity index (χ4v) is 4.22. The minimum absolute atomic E-state index is 0.0222. The predicted octanol–water partition coefficient (Wildman–Crippen LogP) is 4.04. The quantitative estimate of drug-likeness (QED) is 0.304. The number of fused-ring (bicyclic) bond motifs is 2. The van der Waals surface area contributed by atoms with Crippen LogP contribution in [0, 0.1) is 0 Å². The lowest BCUT2D eigenvalue weighted by atomic mass is 9.92.